The van der Waals surface area contributed by atoms with Crippen LogP contribution in [0.3, 0.4) is 0 Å². The zero-order chi connectivity index (χ0) is 16.9. The lowest BCUT2D eigenvalue weighted by molar-refractivity contribution is -0.121. The molecule has 6 heteroatoms. The lowest BCUT2D eigenvalue weighted by Gasteiger charge is -2.25. The molecule has 6 nitrogen and oxygen atoms in total. The molecule has 128 valence electrons. The molecule has 1 aromatic carbocycles. The van der Waals surface area contributed by atoms with Crippen LogP contribution < -0.4 is 4.90 Å². The van der Waals surface area contributed by atoms with E-state index in [0.29, 0.717) is 18.9 Å². The number of aromatic nitrogens is 1. The molecule has 0 aliphatic carbocycles. The minimum Gasteiger partial charge on any atom is -0.377 e. The van der Waals surface area contributed by atoms with Gasteiger partial charge in [-0.25, -0.2) is 0 Å². The Balaban J connectivity index is 1.68. The number of hydrogen-bond acceptors (Lipinski definition) is 5. The lowest BCUT2D eigenvalue weighted by Crippen LogP contribution is -2.41. The van der Waals surface area contributed by atoms with E-state index in [1.54, 1.807) is 7.11 Å². The van der Waals surface area contributed by atoms with Gasteiger partial charge in [-0.1, -0.05) is 30.3 Å². The van der Waals surface area contributed by atoms with Gasteiger partial charge < -0.3 is 14.2 Å². The van der Waals surface area contributed by atoms with Gasteiger partial charge in [-0.2, -0.15) is 0 Å². The van der Waals surface area contributed by atoms with Crippen LogP contribution in [0.15, 0.2) is 40.9 Å². The Morgan fingerprint density at radius 1 is 1.38 bits per heavy atom. The Morgan fingerprint density at radius 3 is 2.88 bits per heavy atom. The summed E-state index contributed by atoms with van der Waals surface area (Å²) in [5, 5.41) is 4.07. The van der Waals surface area contributed by atoms with Crippen molar-refractivity contribution in [2.75, 3.05) is 25.1 Å². The van der Waals surface area contributed by atoms with Gasteiger partial charge in [0.25, 0.3) is 0 Å². The van der Waals surface area contributed by atoms with Crippen LogP contribution in [0, 0.1) is 0 Å². The van der Waals surface area contributed by atoms with Crippen molar-refractivity contribution in [1.29, 1.82) is 0 Å². The van der Waals surface area contributed by atoms with E-state index < -0.39 is 0 Å². The molecule has 3 rings (SSSR count). The van der Waals surface area contributed by atoms with E-state index in [-0.39, 0.29) is 11.9 Å². The molecule has 1 fully saturated rings. The number of likely N-dealkylation sites (N-methyl/N-ethyl adjacent to an activating group) is 1. The highest BCUT2D eigenvalue weighted by molar-refractivity contribution is 5.99. The van der Waals surface area contributed by atoms with Gasteiger partial charge in [0.05, 0.1) is 11.7 Å². The minimum absolute atomic E-state index is 0.113. The minimum atomic E-state index is -0.113. The number of carbonyl (C=O) groups is 1. The largest absolute Gasteiger partial charge is 0.377 e. The van der Waals surface area contributed by atoms with Crippen LogP contribution in [0.25, 0.3) is 0 Å². The van der Waals surface area contributed by atoms with Gasteiger partial charge >= 0.3 is 0 Å². The molecule has 1 atom stereocenters. The highest BCUT2D eigenvalue weighted by Crippen LogP contribution is 2.25. The SMILES string of the molecule is CCN(Cc1cc(COC)on1)C1CCN(c2ccccc2)C1=O. The first-order valence-corrected chi connectivity index (χ1v) is 8.26. The van der Waals surface area contributed by atoms with Gasteiger partial charge in [-0.15, -0.1) is 0 Å². The van der Waals surface area contributed by atoms with E-state index in [0.717, 1.165) is 30.9 Å². The van der Waals surface area contributed by atoms with E-state index in [2.05, 4.69) is 17.0 Å². The fourth-order valence-electron chi connectivity index (χ4n) is 3.16. The summed E-state index contributed by atoms with van der Waals surface area (Å²) in [5.74, 6) is 0.857. The van der Waals surface area contributed by atoms with Gasteiger partial charge in [-0.3, -0.25) is 9.69 Å². The van der Waals surface area contributed by atoms with Crippen molar-refractivity contribution >= 4 is 11.6 Å². The van der Waals surface area contributed by atoms with Gasteiger partial charge in [-0.05, 0) is 25.1 Å². The van der Waals surface area contributed by atoms with Gasteiger partial charge in [0.2, 0.25) is 5.91 Å². The second-order valence-electron chi connectivity index (χ2n) is 5.91. The molecule has 2 heterocycles. The second kappa shape index (κ2) is 7.59. The average Bonchev–Trinajstić information content (AvgIpc) is 3.20. The Hall–Kier alpha value is -2.18. The summed E-state index contributed by atoms with van der Waals surface area (Å²) < 4.78 is 10.3. The quantitative estimate of drug-likeness (QED) is 0.781. The van der Waals surface area contributed by atoms with E-state index in [1.165, 1.54) is 0 Å². The predicted molar refractivity (Wildman–Crippen MR) is 90.5 cm³/mol. The van der Waals surface area contributed by atoms with Crippen molar-refractivity contribution in [2.45, 2.75) is 32.5 Å². The maximum absolute atomic E-state index is 12.8. The van der Waals surface area contributed by atoms with Crippen molar-refractivity contribution in [3.63, 3.8) is 0 Å². The number of nitrogens with zero attached hydrogens (tertiary/aromatic N) is 3. The predicted octanol–water partition coefficient (Wildman–Crippen LogP) is 2.45. The standard InChI is InChI=1S/C18H23N3O3/c1-3-20(12-14-11-16(13-23-2)24-19-14)17-9-10-21(18(17)22)15-7-5-4-6-8-15/h4-8,11,17H,3,9-10,12-13H2,1-2H3. The van der Waals surface area contributed by atoms with Crippen molar-refractivity contribution in [3.05, 3.63) is 47.9 Å². The Bertz CT molecular complexity index is 671. The van der Waals surface area contributed by atoms with E-state index in [4.69, 9.17) is 9.26 Å². The third-order valence-electron chi connectivity index (χ3n) is 4.35. The van der Waals surface area contributed by atoms with Crippen LogP contribution in [0.1, 0.15) is 24.8 Å². The molecule has 0 bridgehead atoms. The first-order valence-electron chi connectivity index (χ1n) is 8.26. The summed E-state index contributed by atoms with van der Waals surface area (Å²) in [4.78, 5) is 16.8. The maximum Gasteiger partial charge on any atom is 0.244 e. The summed E-state index contributed by atoms with van der Waals surface area (Å²) in [6.45, 7) is 4.60. The summed E-state index contributed by atoms with van der Waals surface area (Å²) in [6, 6.07) is 11.6. The number of anilines is 1. The van der Waals surface area contributed by atoms with E-state index in [1.807, 2.05) is 41.3 Å². The second-order valence-corrected chi connectivity index (χ2v) is 5.91. The number of hydrogen-bond donors (Lipinski definition) is 0. The number of benzene rings is 1. The number of amides is 1. The molecule has 0 spiro atoms. The fraction of sp³-hybridized carbons (Fsp3) is 0.444. The molecule has 1 aliphatic rings. The zero-order valence-electron chi connectivity index (χ0n) is 14.1. The fourth-order valence-corrected chi connectivity index (χ4v) is 3.16. The molecular weight excluding hydrogens is 306 g/mol. The molecule has 0 saturated carbocycles. The molecule has 1 unspecified atom stereocenters. The maximum atomic E-state index is 12.8. The molecule has 1 aromatic heterocycles. The number of para-hydroxylation sites is 1. The molecule has 0 N–H and O–H groups in total. The lowest BCUT2D eigenvalue weighted by atomic mass is 10.2. The topological polar surface area (TPSA) is 58.8 Å². The number of carbonyl (C=O) groups excluding carboxylic acids is 1. The van der Waals surface area contributed by atoms with Crippen LogP contribution in [0.4, 0.5) is 5.69 Å². The Kier molecular flexibility index (Phi) is 5.27. The smallest absolute Gasteiger partial charge is 0.244 e. The van der Waals surface area contributed by atoms with Crippen LogP contribution >= 0.6 is 0 Å². The molecular formula is C18H23N3O3. The normalized spacial score (nSPS) is 17.9. The molecule has 1 saturated heterocycles. The van der Waals surface area contributed by atoms with Crippen molar-refractivity contribution < 1.29 is 14.1 Å². The molecule has 2 aromatic rings. The molecule has 0 radical (unpaired) electrons. The van der Waals surface area contributed by atoms with Crippen LogP contribution in [-0.2, 0) is 22.7 Å². The summed E-state index contributed by atoms with van der Waals surface area (Å²) in [5.41, 5.74) is 1.79. The average molecular weight is 329 g/mol. The van der Waals surface area contributed by atoms with Gasteiger partial charge in [0, 0.05) is 32.0 Å². The third kappa shape index (κ3) is 3.49. The van der Waals surface area contributed by atoms with Crippen LogP contribution in [0.5, 0.6) is 0 Å². The third-order valence-corrected chi connectivity index (χ3v) is 4.35. The number of rotatable bonds is 7. The van der Waals surface area contributed by atoms with E-state index >= 15 is 0 Å². The first kappa shape index (κ1) is 16.7. The number of methoxy groups -OCH3 is 1. The number of ether oxygens (including phenoxy) is 1. The highest BCUT2D eigenvalue weighted by Gasteiger charge is 2.36. The summed E-state index contributed by atoms with van der Waals surface area (Å²) in [7, 11) is 1.62. The van der Waals surface area contributed by atoms with E-state index in [9.17, 15) is 4.79 Å². The van der Waals surface area contributed by atoms with Crippen molar-refractivity contribution in [2.24, 2.45) is 0 Å². The monoisotopic (exact) mass is 329 g/mol. The van der Waals surface area contributed by atoms with Crippen LogP contribution in [0.2, 0.25) is 0 Å². The van der Waals surface area contributed by atoms with Gasteiger partial charge in [0.1, 0.15) is 6.61 Å². The summed E-state index contributed by atoms with van der Waals surface area (Å²) in [6.07, 6.45) is 0.824. The molecule has 24 heavy (non-hydrogen) atoms. The highest BCUT2D eigenvalue weighted by atomic mass is 16.5. The first-order chi connectivity index (χ1) is 11.7. The van der Waals surface area contributed by atoms with Crippen molar-refractivity contribution in [3.8, 4) is 0 Å². The molecule has 1 amide bonds. The van der Waals surface area contributed by atoms with Crippen molar-refractivity contribution in [1.82, 2.24) is 10.1 Å². The Morgan fingerprint density at radius 2 is 2.17 bits per heavy atom. The Labute approximate surface area is 142 Å². The summed E-state index contributed by atoms with van der Waals surface area (Å²) >= 11 is 0. The van der Waals surface area contributed by atoms with Crippen LogP contribution in [-0.4, -0.2) is 42.2 Å². The molecule has 1 aliphatic heterocycles. The van der Waals surface area contributed by atoms with Gasteiger partial charge in [0.15, 0.2) is 5.76 Å². The zero-order valence-corrected chi connectivity index (χ0v) is 14.1.